The molecule has 1 atom stereocenters. The molecule has 3 aromatic rings. The molecule has 1 heterocycles. The number of carbonyl (C=O) groups is 2. The summed E-state index contributed by atoms with van der Waals surface area (Å²) in [7, 11) is 0. The van der Waals surface area contributed by atoms with Gasteiger partial charge in [0.25, 0.3) is 5.91 Å². The summed E-state index contributed by atoms with van der Waals surface area (Å²) in [6.07, 6.45) is -2.77. The van der Waals surface area contributed by atoms with Gasteiger partial charge in [-0.1, -0.05) is 30.3 Å². The van der Waals surface area contributed by atoms with Crippen LogP contribution in [0.25, 0.3) is 11.1 Å². The summed E-state index contributed by atoms with van der Waals surface area (Å²) in [5.41, 5.74) is 0.826. The van der Waals surface area contributed by atoms with Crippen LogP contribution in [0.5, 0.6) is 0 Å². The Morgan fingerprint density at radius 1 is 1.00 bits per heavy atom. The second-order valence-corrected chi connectivity index (χ2v) is 9.49. The molecule has 0 fully saturated rings. The van der Waals surface area contributed by atoms with Gasteiger partial charge in [-0.25, -0.2) is 4.79 Å². The number of rotatable bonds is 6. The van der Waals surface area contributed by atoms with Crippen LogP contribution in [0.15, 0.2) is 67.0 Å². The van der Waals surface area contributed by atoms with Crippen molar-refractivity contribution in [3.05, 3.63) is 94.5 Å². The molecule has 0 unspecified atom stereocenters. The maximum Gasteiger partial charge on any atom is 0.416 e. The quantitative estimate of drug-likeness (QED) is 0.334. The van der Waals surface area contributed by atoms with Crippen molar-refractivity contribution < 1.29 is 32.2 Å². The van der Waals surface area contributed by atoms with E-state index in [1.165, 1.54) is 30.6 Å². The van der Waals surface area contributed by atoms with Crippen LogP contribution in [0.1, 0.15) is 60.8 Å². The molecule has 10 heteroatoms. The van der Waals surface area contributed by atoms with Crippen molar-refractivity contribution in [3.8, 4) is 11.1 Å². The first-order chi connectivity index (χ1) is 17.2. The second kappa shape index (κ2) is 10.9. The molecule has 3 rings (SSSR count). The fourth-order valence-electron chi connectivity index (χ4n) is 3.54. The number of halogens is 3. The van der Waals surface area contributed by atoms with Crippen molar-refractivity contribution in [2.75, 3.05) is 0 Å². The molecule has 196 valence electrons. The summed E-state index contributed by atoms with van der Waals surface area (Å²) in [6.45, 7) is 6.87. The van der Waals surface area contributed by atoms with E-state index >= 15 is 0 Å². The van der Waals surface area contributed by atoms with Gasteiger partial charge in [0.05, 0.1) is 17.2 Å². The summed E-state index contributed by atoms with van der Waals surface area (Å²) in [5, 5.41) is 16.6. The summed E-state index contributed by atoms with van der Waals surface area (Å²) in [4.78, 5) is 24.5. The SMILES string of the molecule is C[C@@H](NC(=O)c1cc[n+]([O-])cc1)c1ccc(-c2cc(C(F)(F)F)ccc2CNC(=O)OC(C)(C)C)cc1. The van der Waals surface area contributed by atoms with E-state index in [-0.39, 0.29) is 12.5 Å². The maximum atomic E-state index is 13.4. The molecular formula is C27H28F3N3O4. The van der Waals surface area contributed by atoms with Crippen LogP contribution < -0.4 is 15.4 Å². The molecule has 2 N–H and O–H groups in total. The van der Waals surface area contributed by atoms with Gasteiger partial charge >= 0.3 is 12.3 Å². The molecule has 0 saturated heterocycles. The number of hydrogen-bond acceptors (Lipinski definition) is 4. The predicted molar refractivity (Wildman–Crippen MR) is 131 cm³/mol. The molecule has 0 bridgehead atoms. The van der Waals surface area contributed by atoms with E-state index in [1.807, 2.05) is 0 Å². The molecule has 0 aliphatic carbocycles. The molecular weight excluding hydrogens is 487 g/mol. The number of pyridine rings is 1. The number of aromatic nitrogens is 1. The normalized spacial score (nSPS) is 12.5. The lowest BCUT2D eigenvalue weighted by Crippen LogP contribution is -2.32. The zero-order chi connectivity index (χ0) is 27.4. The summed E-state index contributed by atoms with van der Waals surface area (Å²) in [6, 6.07) is 12.5. The van der Waals surface area contributed by atoms with Crippen LogP contribution in [0.3, 0.4) is 0 Å². The van der Waals surface area contributed by atoms with Gasteiger partial charge in [-0.15, -0.1) is 0 Å². The second-order valence-electron chi connectivity index (χ2n) is 9.49. The number of alkyl carbamates (subject to hydrolysis) is 1. The van der Waals surface area contributed by atoms with E-state index in [1.54, 1.807) is 52.0 Å². The average molecular weight is 516 g/mol. The van der Waals surface area contributed by atoms with E-state index < -0.39 is 29.5 Å². The van der Waals surface area contributed by atoms with Crippen LogP contribution in [-0.4, -0.2) is 17.6 Å². The van der Waals surface area contributed by atoms with Crippen LogP contribution >= 0.6 is 0 Å². The lowest BCUT2D eigenvalue weighted by Gasteiger charge is -2.20. The fraction of sp³-hybridized carbons (Fsp3) is 0.296. The van der Waals surface area contributed by atoms with Crippen LogP contribution in [0.4, 0.5) is 18.0 Å². The number of benzene rings is 2. The zero-order valence-electron chi connectivity index (χ0n) is 20.8. The minimum absolute atomic E-state index is 0.0307. The van der Waals surface area contributed by atoms with Crippen LogP contribution in [0, 0.1) is 5.21 Å². The predicted octanol–water partition coefficient (Wildman–Crippen LogP) is 5.52. The van der Waals surface area contributed by atoms with Crippen LogP contribution in [-0.2, 0) is 17.5 Å². The van der Waals surface area contributed by atoms with Gasteiger partial charge in [-0.2, -0.15) is 17.9 Å². The number of nitrogens with one attached hydrogen (secondary N) is 2. The van der Waals surface area contributed by atoms with Crippen molar-refractivity contribution in [2.24, 2.45) is 0 Å². The highest BCUT2D eigenvalue weighted by atomic mass is 19.4. The highest BCUT2D eigenvalue weighted by molar-refractivity contribution is 5.94. The first kappa shape index (κ1) is 27.5. The van der Waals surface area contributed by atoms with Gasteiger partial charge in [0, 0.05) is 18.7 Å². The topological polar surface area (TPSA) is 94.4 Å². The Hall–Kier alpha value is -4.08. The van der Waals surface area contributed by atoms with E-state index in [2.05, 4.69) is 10.6 Å². The molecule has 0 saturated carbocycles. The summed E-state index contributed by atoms with van der Waals surface area (Å²) in [5.74, 6) is -0.370. The number of carbonyl (C=O) groups excluding carboxylic acids is 2. The van der Waals surface area contributed by atoms with Crippen molar-refractivity contribution >= 4 is 12.0 Å². The van der Waals surface area contributed by atoms with Gasteiger partial charge in [-0.05, 0) is 62.1 Å². The smallest absolute Gasteiger partial charge is 0.416 e. The Morgan fingerprint density at radius 2 is 1.62 bits per heavy atom. The molecule has 0 aliphatic rings. The third kappa shape index (κ3) is 7.70. The zero-order valence-corrected chi connectivity index (χ0v) is 20.8. The highest BCUT2D eigenvalue weighted by Gasteiger charge is 2.31. The van der Waals surface area contributed by atoms with Gasteiger partial charge < -0.3 is 20.6 Å². The largest absolute Gasteiger partial charge is 0.619 e. The van der Waals surface area contributed by atoms with Crippen molar-refractivity contribution in [2.45, 2.75) is 52.1 Å². The Labute approximate surface area is 212 Å². The highest BCUT2D eigenvalue weighted by Crippen LogP contribution is 2.34. The van der Waals surface area contributed by atoms with Gasteiger partial charge in [-0.3, -0.25) is 4.79 Å². The van der Waals surface area contributed by atoms with Crippen molar-refractivity contribution in [1.82, 2.24) is 10.6 Å². The number of amides is 2. The van der Waals surface area contributed by atoms with Gasteiger partial charge in [0.15, 0.2) is 12.4 Å². The summed E-state index contributed by atoms with van der Waals surface area (Å²) < 4.78 is 46.0. The Kier molecular flexibility index (Phi) is 8.10. The molecule has 1 aromatic heterocycles. The van der Waals surface area contributed by atoms with Crippen LogP contribution in [0.2, 0.25) is 0 Å². The van der Waals surface area contributed by atoms with Crippen molar-refractivity contribution in [1.29, 1.82) is 0 Å². The van der Waals surface area contributed by atoms with Crippen molar-refractivity contribution in [3.63, 3.8) is 0 Å². The molecule has 0 spiro atoms. The average Bonchev–Trinajstić information content (AvgIpc) is 2.81. The first-order valence-electron chi connectivity index (χ1n) is 11.5. The number of hydrogen-bond donors (Lipinski definition) is 2. The lowest BCUT2D eigenvalue weighted by atomic mass is 9.95. The Bertz CT molecular complexity index is 1250. The molecule has 0 aliphatic heterocycles. The number of ether oxygens (including phenoxy) is 1. The molecule has 2 amide bonds. The third-order valence-electron chi connectivity index (χ3n) is 5.39. The number of alkyl halides is 3. The van der Waals surface area contributed by atoms with E-state index in [9.17, 15) is 28.0 Å². The lowest BCUT2D eigenvalue weighted by molar-refractivity contribution is -0.605. The minimum atomic E-state index is -4.53. The Morgan fingerprint density at radius 3 is 2.19 bits per heavy atom. The van der Waals surface area contributed by atoms with E-state index in [0.717, 1.165) is 17.7 Å². The fourth-order valence-corrected chi connectivity index (χ4v) is 3.54. The molecule has 7 nitrogen and oxygen atoms in total. The monoisotopic (exact) mass is 515 g/mol. The first-order valence-corrected chi connectivity index (χ1v) is 11.5. The summed E-state index contributed by atoms with van der Waals surface area (Å²) >= 11 is 0. The molecule has 37 heavy (non-hydrogen) atoms. The van der Waals surface area contributed by atoms with E-state index in [4.69, 9.17) is 4.74 Å². The van der Waals surface area contributed by atoms with Gasteiger partial charge in [0.2, 0.25) is 0 Å². The number of nitrogens with zero attached hydrogens (tertiary/aromatic N) is 1. The molecule has 2 aromatic carbocycles. The third-order valence-corrected chi connectivity index (χ3v) is 5.39. The maximum absolute atomic E-state index is 13.4. The Balaban J connectivity index is 1.82. The minimum Gasteiger partial charge on any atom is -0.619 e. The van der Waals surface area contributed by atoms with Gasteiger partial charge in [0.1, 0.15) is 5.60 Å². The standard InChI is InChI=1S/C27H28F3N3O4/c1-17(32-24(34)20-11-13-33(36)14-12-20)18-5-7-19(8-6-18)23-15-22(27(28,29)30)10-9-21(23)16-31-25(35)37-26(2,3)4/h5-15,17H,16H2,1-4H3,(H,31,35)(H,32,34)/t17-/m1/s1. The van der Waals surface area contributed by atoms with E-state index in [0.29, 0.717) is 27.0 Å². The molecule has 0 radical (unpaired) electrons.